The van der Waals surface area contributed by atoms with Gasteiger partial charge in [-0.2, -0.15) is 0 Å². The number of carbonyl (C=O) groups excluding carboxylic acids is 1. The van der Waals surface area contributed by atoms with Gasteiger partial charge in [0.1, 0.15) is 0 Å². The molecule has 1 amide bonds. The lowest BCUT2D eigenvalue weighted by atomic mass is 10.2. The number of benzene rings is 2. The van der Waals surface area contributed by atoms with Crippen LogP contribution in [-0.4, -0.2) is 43.8 Å². The van der Waals surface area contributed by atoms with E-state index in [0.29, 0.717) is 31.1 Å². The number of nitrogens with zero attached hydrogens (tertiary/aromatic N) is 2. The molecule has 132 valence electrons. The van der Waals surface area contributed by atoms with Gasteiger partial charge in [0.25, 0.3) is 0 Å². The number of ether oxygens (including phenoxy) is 1. The van der Waals surface area contributed by atoms with Crippen molar-refractivity contribution in [2.75, 3.05) is 37.7 Å². The molecule has 0 aromatic heterocycles. The maximum absolute atomic E-state index is 12.2. The largest absolute Gasteiger partial charge is 0.449 e. The van der Waals surface area contributed by atoms with Crippen molar-refractivity contribution < 1.29 is 9.53 Å². The van der Waals surface area contributed by atoms with Gasteiger partial charge < -0.3 is 14.5 Å². The Morgan fingerprint density at radius 3 is 2.48 bits per heavy atom. The standard InChI is InChI=1S/C19H20Cl2N2O2/c20-16-5-3-4-15(14-16)8-13-25-19(24)23-11-9-22(10-12-23)18-7-2-1-6-17(18)21/h1-7,14H,8-13H2. The van der Waals surface area contributed by atoms with Crippen LogP contribution in [0.15, 0.2) is 48.5 Å². The summed E-state index contributed by atoms with van der Waals surface area (Å²) in [6.45, 7) is 3.09. The van der Waals surface area contributed by atoms with Crippen molar-refractivity contribution in [1.29, 1.82) is 0 Å². The van der Waals surface area contributed by atoms with Crippen molar-refractivity contribution in [3.63, 3.8) is 0 Å². The molecule has 0 atom stereocenters. The normalized spacial score (nSPS) is 14.5. The molecule has 6 heteroatoms. The van der Waals surface area contributed by atoms with Crippen LogP contribution in [0.4, 0.5) is 10.5 Å². The maximum atomic E-state index is 12.2. The summed E-state index contributed by atoms with van der Waals surface area (Å²) < 4.78 is 5.39. The van der Waals surface area contributed by atoms with Crippen LogP contribution in [0.25, 0.3) is 0 Å². The van der Waals surface area contributed by atoms with E-state index in [4.69, 9.17) is 27.9 Å². The average Bonchev–Trinajstić information content (AvgIpc) is 2.62. The summed E-state index contributed by atoms with van der Waals surface area (Å²) in [4.78, 5) is 16.1. The predicted molar refractivity (Wildman–Crippen MR) is 102 cm³/mol. The lowest BCUT2D eigenvalue weighted by Gasteiger charge is -2.35. The third-order valence-electron chi connectivity index (χ3n) is 4.24. The minimum Gasteiger partial charge on any atom is -0.449 e. The van der Waals surface area contributed by atoms with Crippen LogP contribution in [0.2, 0.25) is 10.0 Å². The Morgan fingerprint density at radius 2 is 1.76 bits per heavy atom. The summed E-state index contributed by atoms with van der Waals surface area (Å²) in [5.74, 6) is 0. The van der Waals surface area contributed by atoms with Crippen LogP contribution in [-0.2, 0) is 11.2 Å². The second-order valence-electron chi connectivity index (χ2n) is 5.92. The molecule has 25 heavy (non-hydrogen) atoms. The minimum absolute atomic E-state index is 0.263. The maximum Gasteiger partial charge on any atom is 0.409 e. The Kier molecular flexibility index (Phi) is 6.05. The third-order valence-corrected chi connectivity index (χ3v) is 4.79. The highest BCUT2D eigenvalue weighted by Crippen LogP contribution is 2.26. The first kappa shape index (κ1) is 17.9. The van der Waals surface area contributed by atoms with Gasteiger partial charge in [0.2, 0.25) is 0 Å². The third kappa shape index (κ3) is 4.80. The molecule has 0 saturated carbocycles. The summed E-state index contributed by atoms with van der Waals surface area (Å²) in [7, 11) is 0. The first-order chi connectivity index (χ1) is 12.1. The Bertz CT molecular complexity index is 731. The van der Waals surface area contributed by atoms with Gasteiger partial charge in [-0.3, -0.25) is 0 Å². The van der Waals surface area contributed by atoms with Crippen LogP contribution in [0.5, 0.6) is 0 Å². The van der Waals surface area contributed by atoms with Crippen LogP contribution in [0.1, 0.15) is 5.56 Å². The predicted octanol–water partition coefficient (Wildman–Crippen LogP) is 4.49. The van der Waals surface area contributed by atoms with E-state index in [1.807, 2.05) is 48.5 Å². The van der Waals surface area contributed by atoms with Gasteiger partial charge in [0.15, 0.2) is 0 Å². The SMILES string of the molecule is O=C(OCCc1cccc(Cl)c1)N1CCN(c2ccccc2Cl)CC1. The van der Waals surface area contributed by atoms with Gasteiger partial charge in [-0.05, 0) is 29.8 Å². The molecule has 2 aromatic carbocycles. The molecule has 1 heterocycles. The molecule has 1 aliphatic heterocycles. The van der Waals surface area contributed by atoms with Crippen molar-refractivity contribution in [3.05, 3.63) is 64.1 Å². The number of piperazine rings is 1. The fourth-order valence-electron chi connectivity index (χ4n) is 2.88. The smallest absolute Gasteiger partial charge is 0.409 e. The molecule has 0 spiro atoms. The van der Waals surface area contributed by atoms with E-state index in [1.165, 1.54) is 0 Å². The highest BCUT2D eigenvalue weighted by molar-refractivity contribution is 6.33. The Labute approximate surface area is 157 Å². The topological polar surface area (TPSA) is 32.8 Å². The summed E-state index contributed by atoms with van der Waals surface area (Å²) >= 11 is 12.2. The number of para-hydroxylation sites is 1. The molecule has 1 aliphatic rings. The van der Waals surface area contributed by atoms with E-state index in [1.54, 1.807) is 4.90 Å². The van der Waals surface area contributed by atoms with Gasteiger partial charge in [-0.1, -0.05) is 47.5 Å². The van der Waals surface area contributed by atoms with E-state index >= 15 is 0 Å². The quantitative estimate of drug-likeness (QED) is 0.785. The highest BCUT2D eigenvalue weighted by atomic mass is 35.5. The molecule has 0 aliphatic carbocycles. The number of hydrogen-bond acceptors (Lipinski definition) is 3. The van der Waals surface area contributed by atoms with E-state index in [0.717, 1.165) is 29.4 Å². The molecule has 0 unspecified atom stereocenters. The van der Waals surface area contributed by atoms with Crippen LogP contribution in [0, 0.1) is 0 Å². The molecular formula is C19H20Cl2N2O2. The zero-order valence-electron chi connectivity index (χ0n) is 13.8. The molecule has 0 radical (unpaired) electrons. The highest BCUT2D eigenvalue weighted by Gasteiger charge is 2.23. The molecule has 1 fully saturated rings. The van der Waals surface area contributed by atoms with Crippen LogP contribution >= 0.6 is 23.2 Å². The van der Waals surface area contributed by atoms with Crippen molar-refractivity contribution in [2.24, 2.45) is 0 Å². The monoisotopic (exact) mass is 378 g/mol. The second-order valence-corrected chi connectivity index (χ2v) is 6.76. The zero-order chi connectivity index (χ0) is 17.6. The number of carbonyl (C=O) groups is 1. The first-order valence-electron chi connectivity index (χ1n) is 8.29. The fraction of sp³-hybridized carbons (Fsp3) is 0.316. The van der Waals surface area contributed by atoms with Crippen molar-refractivity contribution in [2.45, 2.75) is 6.42 Å². The molecular weight excluding hydrogens is 359 g/mol. The minimum atomic E-state index is -0.263. The van der Waals surface area contributed by atoms with Gasteiger partial charge in [0.05, 0.1) is 17.3 Å². The van der Waals surface area contributed by atoms with Crippen molar-refractivity contribution in [1.82, 2.24) is 4.90 Å². The average molecular weight is 379 g/mol. The lowest BCUT2D eigenvalue weighted by Crippen LogP contribution is -2.49. The number of hydrogen-bond donors (Lipinski definition) is 0. The Morgan fingerprint density at radius 1 is 1.00 bits per heavy atom. The molecule has 0 N–H and O–H groups in total. The summed E-state index contributed by atoms with van der Waals surface area (Å²) in [5.41, 5.74) is 2.07. The van der Waals surface area contributed by atoms with Crippen LogP contribution < -0.4 is 4.90 Å². The number of rotatable bonds is 4. The molecule has 3 rings (SSSR count). The van der Waals surface area contributed by atoms with Crippen molar-refractivity contribution in [3.8, 4) is 0 Å². The lowest BCUT2D eigenvalue weighted by molar-refractivity contribution is 0.101. The number of halogens is 2. The Balaban J connectivity index is 1.45. The van der Waals surface area contributed by atoms with Gasteiger partial charge in [-0.25, -0.2) is 4.79 Å². The van der Waals surface area contributed by atoms with Crippen molar-refractivity contribution >= 4 is 35.0 Å². The van der Waals surface area contributed by atoms with Crippen LogP contribution in [0.3, 0.4) is 0 Å². The Hall–Kier alpha value is -1.91. The van der Waals surface area contributed by atoms with E-state index in [-0.39, 0.29) is 6.09 Å². The summed E-state index contributed by atoms with van der Waals surface area (Å²) in [6, 6.07) is 15.4. The molecule has 4 nitrogen and oxygen atoms in total. The van der Waals surface area contributed by atoms with Gasteiger partial charge in [-0.15, -0.1) is 0 Å². The van der Waals surface area contributed by atoms with E-state index in [2.05, 4.69) is 4.90 Å². The summed E-state index contributed by atoms with van der Waals surface area (Å²) in [5, 5.41) is 1.43. The molecule has 1 saturated heterocycles. The zero-order valence-corrected chi connectivity index (χ0v) is 15.3. The first-order valence-corrected chi connectivity index (χ1v) is 9.05. The van der Waals surface area contributed by atoms with E-state index in [9.17, 15) is 4.79 Å². The second kappa shape index (κ2) is 8.45. The molecule has 2 aromatic rings. The van der Waals surface area contributed by atoms with E-state index < -0.39 is 0 Å². The van der Waals surface area contributed by atoms with Gasteiger partial charge in [0, 0.05) is 37.6 Å². The number of anilines is 1. The fourth-order valence-corrected chi connectivity index (χ4v) is 3.35. The summed E-state index contributed by atoms with van der Waals surface area (Å²) in [6.07, 6.45) is 0.396. The van der Waals surface area contributed by atoms with Gasteiger partial charge >= 0.3 is 6.09 Å². The molecule has 0 bridgehead atoms. The number of amides is 1.